The number of carbonyl (C=O) groups is 1. The minimum atomic E-state index is -3.69. The molecule has 0 saturated carbocycles. The molecular weight excluding hydrogens is 380 g/mol. The van der Waals surface area contributed by atoms with Gasteiger partial charge >= 0.3 is 0 Å². The Labute approximate surface area is 163 Å². The van der Waals surface area contributed by atoms with Gasteiger partial charge in [-0.05, 0) is 61.0 Å². The fourth-order valence-electron chi connectivity index (χ4n) is 2.54. The van der Waals surface area contributed by atoms with E-state index in [2.05, 4.69) is 10.0 Å². The van der Waals surface area contributed by atoms with Crippen LogP contribution in [-0.4, -0.2) is 21.4 Å². The molecular formula is C20H20N2O5S. The van der Waals surface area contributed by atoms with Crippen molar-refractivity contribution >= 4 is 21.6 Å². The maximum atomic E-state index is 12.4. The number of amides is 1. The molecule has 3 rings (SSSR count). The van der Waals surface area contributed by atoms with Gasteiger partial charge in [0.25, 0.3) is 5.91 Å². The van der Waals surface area contributed by atoms with Gasteiger partial charge in [0.05, 0.1) is 24.8 Å². The zero-order valence-corrected chi connectivity index (χ0v) is 16.2. The van der Waals surface area contributed by atoms with Crippen molar-refractivity contribution in [2.75, 3.05) is 12.4 Å². The second kappa shape index (κ2) is 8.28. The summed E-state index contributed by atoms with van der Waals surface area (Å²) in [6.45, 7) is 1.95. The summed E-state index contributed by atoms with van der Waals surface area (Å²) in [5.41, 5.74) is 1.85. The lowest BCUT2D eigenvalue weighted by molar-refractivity contribution is 0.102. The van der Waals surface area contributed by atoms with Gasteiger partial charge in [-0.15, -0.1) is 0 Å². The molecule has 0 saturated heterocycles. The predicted molar refractivity (Wildman–Crippen MR) is 105 cm³/mol. The Bertz CT molecular complexity index is 1060. The van der Waals surface area contributed by atoms with Crippen molar-refractivity contribution in [1.82, 2.24) is 4.72 Å². The third-order valence-electron chi connectivity index (χ3n) is 4.11. The van der Waals surface area contributed by atoms with Crippen LogP contribution in [0.2, 0.25) is 0 Å². The van der Waals surface area contributed by atoms with E-state index >= 15 is 0 Å². The van der Waals surface area contributed by atoms with Crippen molar-refractivity contribution in [3.8, 4) is 5.75 Å². The molecule has 0 aliphatic carbocycles. The number of benzene rings is 2. The largest absolute Gasteiger partial charge is 0.496 e. The number of anilines is 1. The lowest BCUT2D eigenvalue weighted by Crippen LogP contribution is -2.23. The molecule has 0 atom stereocenters. The normalized spacial score (nSPS) is 11.2. The number of sulfonamides is 1. The molecule has 0 radical (unpaired) electrons. The maximum Gasteiger partial charge on any atom is 0.255 e. The molecule has 0 fully saturated rings. The summed E-state index contributed by atoms with van der Waals surface area (Å²) < 4.78 is 37.5. The number of hydrogen-bond donors (Lipinski definition) is 2. The molecule has 7 nitrogen and oxygen atoms in total. The Hall–Kier alpha value is -3.10. The van der Waals surface area contributed by atoms with Crippen LogP contribution in [0.3, 0.4) is 0 Å². The molecule has 3 aromatic rings. The molecule has 8 heteroatoms. The van der Waals surface area contributed by atoms with E-state index in [4.69, 9.17) is 9.15 Å². The van der Waals surface area contributed by atoms with Crippen molar-refractivity contribution in [3.63, 3.8) is 0 Å². The predicted octanol–water partition coefficient (Wildman–Crippen LogP) is 3.33. The fourth-order valence-corrected chi connectivity index (χ4v) is 3.54. The molecule has 0 bridgehead atoms. The summed E-state index contributed by atoms with van der Waals surface area (Å²) in [5.74, 6) is 0.822. The van der Waals surface area contributed by atoms with E-state index in [0.717, 1.165) is 5.56 Å². The van der Waals surface area contributed by atoms with Crippen molar-refractivity contribution in [2.24, 2.45) is 0 Å². The third-order valence-corrected chi connectivity index (χ3v) is 5.53. The van der Waals surface area contributed by atoms with Gasteiger partial charge in [0.1, 0.15) is 11.5 Å². The van der Waals surface area contributed by atoms with Crippen LogP contribution in [-0.2, 0) is 16.6 Å². The molecule has 146 valence electrons. The van der Waals surface area contributed by atoms with Crippen LogP contribution >= 0.6 is 0 Å². The number of methoxy groups -OCH3 is 1. The SMILES string of the molecule is COc1cc(C(=O)Nc2ccc(S(=O)(=O)NCc3ccco3)cc2)ccc1C. The number of carbonyl (C=O) groups excluding carboxylic acids is 1. The number of furan rings is 1. The van der Waals surface area contributed by atoms with E-state index in [-0.39, 0.29) is 17.3 Å². The zero-order valence-electron chi connectivity index (χ0n) is 15.4. The highest BCUT2D eigenvalue weighted by Gasteiger charge is 2.15. The lowest BCUT2D eigenvalue weighted by Gasteiger charge is -2.10. The molecule has 0 aliphatic rings. The molecule has 2 aromatic carbocycles. The first-order valence-electron chi connectivity index (χ1n) is 8.47. The highest BCUT2D eigenvalue weighted by atomic mass is 32.2. The Kier molecular flexibility index (Phi) is 5.81. The van der Waals surface area contributed by atoms with Crippen LogP contribution in [0, 0.1) is 6.92 Å². The summed E-state index contributed by atoms with van der Waals surface area (Å²) >= 11 is 0. The fraction of sp³-hybridized carbons (Fsp3) is 0.150. The molecule has 1 amide bonds. The minimum absolute atomic E-state index is 0.0586. The number of nitrogens with one attached hydrogen (secondary N) is 2. The summed E-state index contributed by atoms with van der Waals surface area (Å²) in [6, 6.07) is 14.4. The summed E-state index contributed by atoms with van der Waals surface area (Å²) in [5, 5.41) is 2.74. The average molecular weight is 400 g/mol. The molecule has 0 unspecified atom stereocenters. The number of aryl methyl sites for hydroxylation is 1. The van der Waals surface area contributed by atoms with Crippen LogP contribution in [0.5, 0.6) is 5.75 Å². The first kappa shape index (κ1) is 19.7. The van der Waals surface area contributed by atoms with Crippen LogP contribution in [0.25, 0.3) is 0 Å². The van der Waals surface area contributed by atoms with Gasteiger partial charge in [0, 0.05) is 11.3 Å². The molecule has 2 N–H and O–H groups in total. The second-order valence-corrected chi connectivity index (χ2v) is 7.83. The second-order valence-electron chi connectivity index (χ2n) is 6.07. The highest BCUT2D eigenvalue weighted by Crippen LogP contribution is 2.20. The van der Waals surface area contributed by atoms with Gasteiger partial charge < -0.3 is 14.5 Å². The smallest absolute Gasteiger partial charge is 0.255 e. The van der Waals surface area contributed by atoms with Gasteiger partial charge in [-0.3, -0.25) is 4.79 Å². The molecule has 1 aromatic heterocycles. The Balaban J connectivity index is 1.67. The third kappa shape index (κ3) is 4.59. The molecule has 1 heterocycles. The molecule has 0 spiro atoms. The van der Waals surface area contributed by atoms with E-state index in [1.54, 1.807) is 37.4 Å². The average Bonchev–Trinajstić information content (AvgIpc) is 3.21. The van der Waals surface area contributed by atoms with Gasteiger partial charge in [0.2, 0.25) is 10.0 Å². The quantitative estimate of drug-likeness (QED) is 0.634. The highest BCUT2D eigenvalue weighted by molar-refractivity contribution is 7.89. The van der Waals surface area contributed by atoms with E-state index in [0.29, 0.717) is 22.8 Å². The Morgan fingerprint density at radius 2 is 1.86 bits per heavy atom. The molecule has 0 aliphatic heterocycles. The monoisotopic (exact) mass is 400 g/mol. The number of hydrogen-bond acceptors (Lipinski definition) is 5. The van der Waals surface area contributed by atoms with Crippen molar-refractivity contribution in [1.29, 1.82) is 0 Å². The van der Waals surface area contributed by atoms with E-state index in [1.807, 2.05) is 6.92 Å². The van der Waals surface area contributed by atoms with Gasteiger partial charge in [0.15, 0.2) is 0 Å². The van der Waals surface area contributed by atoms with E-state index < -0.39 is 10.0 Å². The van der Waals surface area contributed by atoms with E-state index in [1.165, 1.54) is 30.5 Å². The van der Waals surface area contributed by atoms with Crippen LogP contribution in [0.1, 0.15) is 21.7 Å². The van der Waals surface area contributed by atoms with E-state index in [9.17, 15) is 13.2 Å². The van der Waals surface area contributed by atoms with Crippen LogP contribution in [0.4, 0.5) is 5.69 Å². The standard InChI is InChI=1S/C20H20N2O5S/c1-14-5-6-15(12-19(14)26-2)20(23)22-16-7-9-18(10-8-16)28(24,25)21-13-17-4-3-11-27-17/h3-12,21H,13H2,1-2H3,(H,22,23). The number of rotatable bonds is 7. The molecule has 28 heavy (non-hydrogen) atoms. The van der Waals surface area contributed by atoms with Crippen molar-refractivity contribution in [2.45, 2.75) is 18.4 Å². The Morgan fingerprint density at radius 1 is 1.11 bits per heavy atom. The Morgan fingerprint density at radius 3 is 2.50 bits per heavy atom. The van der Waals surface area contributed by atoms with Crippen LogP contribution in [0.15, 0.2) is 70.2 Å². The van der Waals surface area contributed by atoms with Gasteiger partial charge in [-0.1, -0.05) is 6.07 Å². The summed E-state index contributed by atoms with van der Waals surface area (Å²) in [7, 11) is -2.14. The minimum Gasteiger partial charge on any atom is -0.496 e. The first-order valence-corrected chi connectivity index (χ1v) is 9.95. The van der Waals surface area contributed by atoms with Crippen LogP contribution < -0.4 is 14.8 Å². The number of ether oxygens (including phenoxy) is 1. The van der Waals surface area contributed by atoms with Gasteiger partial charge in [-0.2, -0.15) is 0 Å². The summed E-state index contributed by atoms with van der Waals surface area (Å²) in [6.07, 6.45) is 1.48. The topological polar surface area (TPSA) is 97.6 Å². The van der Waals surface area contributed by atoms with Crippen molar-refractivity contribution < 1.29 is 22.4 Å². The zero-order chi connectivity index (χ0) is 20.1. The lowest BCUT2D eigenvalue weighted by atomic mass is 10.1. The van der Waals surface area contributed by atoms with Crippen molar-refractivity contribution in [3.05, 3.63) is 77.7 Å². The van der Waals surface area contributed by atoms with Gasteiger partial charge in [-0.25, -0.2) is 13.1 Å². The first-order chi connectivity index (χ1) is 13.4. The summed E-state index contributed by atoms with van der Waals surface area (Å²) in [4.78, 5) is 12.5. The maximum absolute atomic E-state index is 12.4.